The maximum atomic E-state index is 10.5. The first-order valence-corrected chi connectivity index (χ1v) is 5.67. The molecule has 2 rings (SSSR count). The van der Waals surface area contributed by atoms with Gasteiger partial charge in [-0.3, -0.25) is 10.1 Å². The van der Waals surface area contributed by atoms with Gasteiger partial charge < -0.3 is 10.4 Å². The van der Waals surface area contributed by atoms with E-state index in [9.17, 15) is 10.1 Å². The van der Waals surface area contributed by atoms with Crippen LogP contribution in [0.1, 0.15) is 5.69 Å². The van der Waals surface area contributed by atoms with E-state index in [-0.39, 0.29) is 12.3 Å². The standard InChI is InChI=1S/C11H13N5O3/c17-6-5-15-8-10(13-14-15)7-12-9-1-3-11(4-2-9)16(18)19/h1-4,8,12,17H,5-7H2. The van der Waals surface area contributed by atoms with Crippen LogP contribution >= 0.6 is 0 Å². The number of nitro groups is 1. The molecule has 0 spiro atoms. The molecule has 0 aliphatic heterocycles. The minimum absolute atomic E-state index is 0.0125. The summed E-state index contributed by atoms with van der Waals surface area (Å²) < 4.78 is 1.55. The van der Waals surface area contributed by atoms with Crippen LogP contribution in [-0.2, 0) is 13.1 Å². The van der Waals surface area contributed by atoms with Gasteiger partial charge in [-0.2, -0.15) is 0 Å². The molecule has 0 radical (unpaired) electrons. The van der Waals surface area contributed by atoms with Crippen molar-refractivity contribution in [1.82, 2.24) is 15.0 Å². The number of anilines is 1. The third-order valence-corrected chi connectivity index (χ3v) is 2.47. The number of nitrogens with zero attached hydrogens (tertiary/aromatic N) is 4. The lowest BCUT2D eigenvalue weighted by Crippen LogP contribution is -2.02. The first kappa shape index (κ1) is 13.0. The molecule has 0 bridgehead atoms. The molecule has 1 aromatic carbocycles. The normalized spacial score (nSPS) is 10.4. The van der Waals surface area contributed by atoms with Gasteiger partial charge in [0.1, 0.15) is 5.69 Å². The topological polar surface area (TPSA) is 106 Å². The van der Waals surface area contributed by atoms with Gasteiger partial charge in [0.05, 0.1) is 30.8 Å². The van der Waals surface area contributed by atoms with Gasteiger partial charge in [0.25, 0.3) is 5.69 Å². The van der Waals surface area contributed by atoms with Crippen LogP contribution in [0, 0.1) is 10.1 Å². The third-order valence-electron chi connectivity index (χ3n) is 2.47. The second-order valence-corrected chi connectivity index (χ2v) is 3.85. The number of nitro benzene ring substituents is 1. The molecule has 0 atom stereocenters. The molecule has 0 aliphatic rings. The van der Waals surface area contributed by atoms with Gasteiger partial charge in [0.2, 0.25) is 0 Å². The van der Waals surface area contributed by atoms with E-state index in [4.69, 9.17) is 5.11 Å². The van der Waals surface area contributed by atoms with E-state index in [0.717, 1.165) is 11.4 Å². The lowest BCUT2D eigenvalue weighted by molar-refractivity contribution is -0.384. The van der Waals surface area contributed by atoms with Crippen molar-refractivity contribution in [3.8, 4) is 0 Å². The molecule has 0 saturated heterocycles. The van der Waals surface area contributed by atoms with Crippen molar-refractivity contribution in [3.05, 3.63) is 46.3 Å². The summed E-state index contributed by atoms with van der Waals surface area (Å²) in [6.45, 7) is 0.881. The van der Waals surface area contributed by atoms with Crippen LogP contribution in [0.5, 0.6) is 0 Å². The molecule has 8 nitrogen and oxygen atoms in total. The number of hydrogen-bond donors (Lipinski definition) is 2. The Bertz CT molecular complexity index is 552. The minimum Gasteiger partial charge on any atom is -0.394 e. The van der Waals surface area contributed by atoms with Gasteiger partial charge in [-0.05, 0) is 12.1 Å². The van der Waals surface area contributed by atoms with E-state index in [2.05, 4.69) is 15.6 Å². The Balaban J connectivity index is 1.92. The van der Waals surface area contributed by atoms with Crippen LogP contribution in [0.2, 0.25) is 0 Å². The molecule has 1 heterocycles. The third kappa shape index (κ3) is 3.49. The molecular weight excluding hydrogens is 250 g/mol. The van der Waals surface area contributed by atoms with E-state index in [0.29, 0.717) is 13.1 Å². The fourth-order valence-electron chi connectivity index (χ4n) is 1.52. The summed E-state index contributed by atoms with van der Waals surface area (Å²) in [5, 5.41) is 30.1. The first-order valence-electron chi connectivity index (χ1n) is 5.67. The van der Waals surface area contributed by atoms with E-state index in [1.807, 2.05) is 0 Å². The number of nitrogens with one attached hydrogen (secondary N) is 1. The predicted octanol–water partition coefficient (Wildman–Crippen LogP) is 0.791. The zero-order valence-corrected chi connectivity index (χ0v) is 10.1. The number of non-ortho nitro benzene ring substituents is 1. The fourth-order valence-corrected chi connectivity index (χ4v) is 1.52. The summed E-state index contributed by atoms with van der Waals surface area (Å²) in [5.41, 5.74) is 1.55. The lowest BCUT2D eigenvalue weighted by atomic mass is 10.3. The second-order valence-electron chi connectivity index (χ2n) is 3.85. The Morgan fingerprint density at radius 2 is 2.11 bits per heavy atom. The smallest absolute Gasteiger partial charge is 0.269 e. The van der Waals surface area contributed by atoms with Crippen LogP contribution in [0.4, 0.5) is 11.4 Å². The van der Waals surface area contributed by atoms with E-state index >= 15 is 0 Å². The highest BCUT2D eigenvalue weighted by atomic mass is 16.6. The Morgan fingerprint density at radius 1 is 1.37 bits per heavy atom. The molecule has 0 fully saturated rings. The molecule has 0 aliphatic carbocycles. The maximum absolute atomic E-state index is 10.5. The Hall–Kier alpha value is -2.48. The number of benzene rings is 1. The van der Waals surface area contributed by atoms with Crippen molar-refractivity contribution in [1.29, 1.82) is 0 Å². The number of aliphatic hydroxyl groups is 1. The van der Waals surface area contributed by atoms with Gasteiger partial charge in [-0.15, -0.1) is 5.10 Å². The Kier molecular flexibility index (Phi) is 4.04. The molecule has 2 aromatic rings. The lowest BCUT2D eigenvalue weighted by Gasteiger charge is -2.03. The number of aliphatic hydroxyl groups excluding tert-OH is 1. The summed E-state index contributed by atoms with van der Waals surface area (Å²) in [6.07, 6.45) is 1.73. The second kappa shape index (κ2) is 5.91. The van der Waals surface area contributed by atoms with Crippen LogP contribution < -0.4 is 5.32 Å². The van der Waals surface area contributed by atoms with Gasteiger partial charge in [-0.25, -0.2) is 4.68 Å². The summed E-state index contributed by atoms with van der Waals surface area (Å²) in [6, 6.07) is 6.14. The molecule has 0 unspecified atom stereocenters. The quantitative estimate of drug-likeness (QED) is 0.589. The molecule has 100 valence electrons. The summed E-state index contributed by atoms with van der Waals surface area (Å²) in [5.74, 6) is 0. The zero-order valence-electron chi connectivity index (χ0n) is 10.1. The van der Waals surface area contributed by atoms with Crippen molar-refractivity contribution in [2.75, 3.05) is 11.9 Å². The summed E-state index contributed by atoms with van der Waals surface area (Å²) >= 11 is 0. The minimum atomic E-state index is -0.440. The summed E-state index contributed by atoms with van der Waals surface area (Å²) in [7, 11) is 0. The van der Waals surface area contributed by atoms with Gasteiger partial charge in [-0.1, -0.05) is 5.21 Å². The molecule has 0 saturated carbocycles. The van der Waals surface area contributed by atoms with E-state index < -0.39 is 4.92 Å². The van der Waals surface area contributed by atoms with Gasteiger partial charge in [0, 0.05) is 17.8 Å². The largest absolute Gasteiger partial charge is 0.394 e. The highest BCUT2D eigenvalue weighted by molar-refractivity contribution is 5.48. The van der Waals surface area contributed by atoms with Crippen molar-refractivity contribution in [3.63, 3.8) is 0 Å². The molecular formula is C11H13N5O3. The first-order chi connectivity index (χ1) is 9.19. The monoisotopic (exact) mass is 263 g/mol. The highest BCUT2D eigenvalue weighted by Gasteiger charge is 2.04. The number of rotatable bonds is 6. The van der Waals surface area contributed by atoms with Crippen molar-refractivity contribution < 1.29 is 10.0 Å². The Labute approximate surface area is 108 Å². The van der Waals surface area contributed by atoms with Crippen LogP contribution in [0.25, 0.3) is 0 Å². The van der Waals surface area contributed by atoms with Crippen molar-refractivity contribution in [2.45, 2.75) is 13.1 Å². The highest BCUT2D eigenvalue weighted by Crippen LogP contribution is 2.15. The van der Waals surface area contributed by atoms with Crippen molar-refractivity contribution >= 4 is 11.4 Å². The average molecular weight is 263 g/mol. The van der Waals surface area contributed by atoms with Crippen LogP contribution in [-0.4, -0.2) is 31.6 Å². The van der Waals surface area contributed by atoms with Crippen LogP contribution in [0.15, 0.2) is 30.5 Å². The molecule has 8 heteroatoms. The fraction of sp³-hybridized carbons (Fsp3) is 0.273. The summed E-state index contributed by atoms with van der Waals surface area (Å²) in [4.78, 5) is 10.1. The molecule has 1 aromatic heterocycles. The van der Waals surface area contributed by atoms with Crippen molar-refractivity contribution in [2.24, 2.45) is 0 Å². The van der Waals surface area contributed by atoms with Gasteiger partial charge in [0.15, 0.2) is 0 Å². The molecule has 19 heavy (non-hydrogen) atoms. The zero-order chi connectivity index (χ0) is 13.7. The molecule has 2 N–H and O–H groups in total. The van der Waals surface area contributed by atoms with E-state index in [1.54, 1.807) is 23.0 Å². The Morgan fingerprint density at radius 3 is 2.74 bits per heavy atom. The van der Waals surface area contributed by atoms with E-state index in [1.165, 1.54) is 12.1 Å². The maximum Gasteiger partial charge on any atom is 0.269 e. The SMILES string of the molecule is O=[N+]([O-])c1ccc(NCc2cn(CCO)nn2)cc1. The number of hydrogen-bond acceptors (Lipinski definition) is 6. The van der Waals surface area contributed by atoms with Crippen LogP contribution in [0.3, 0.4) is 0 Å². The number of aromatic nitrogens is 3. The predicted molar refractivity (Wildman–Crippen MR) is 67.5 cm³/mol. The molecule has 0 amide bonds. The van der Waals surface area contributed by atoms with Gasteiger partial charge >= 0.3 is 0 Å². The average Bonchev–Trinajstić information content (AvgIpc) is 2.85.